The van der Waals surface area contributed by atoms with Gasteiger partial charge in [-0.15, -0.1) is 0 Å². The highest BCUT2D eigenvalue weighted by molar-refractivity contribution is 5.89. The highest BCUT2D eigenvalue weighted by atomic mass is 16.5. The number of carbonyl (C=O) groups excluding carboxylic acids is 1. The van der Waals surface area contributed by atoms with Gasteiger partial charge in [0.1, 0.15) is 0 Å². The van der Waals surface area contributed by atoms with Gasteiger partial charge in [0.05, 0.1) is 5.69 Å². The van der Waals surface area contributed by atoms with E-state index in [1.807, 2.05) is 6.92 Å². The monoisotopic (exact) mass is 223 g/mol. The summed E-state index contributed by atoms with van der Waals surface area (Å²) in [4.78, 5) is 11.6. The first-order valence-electron chi connectivity index (χ1n) is 5.68. The van der Waals surface area contributed by atoms with Crippen LogP contribution in [0.5, 0.6) is 0 Å². The van der Waals surface area contributed by atoms with Crippen LogP contribution in [0.2, 0.25) is 0 Å². The van der Waals surface area contributed by atoms with E-state index in [1.54, 1.807) is 6.07 Å². The number of hydrogen-bond donors (Lipinski definition) is 2. The molecule has 5 nitrogen and oxygen atoms in total. The molecule has 2 heterocycles. The second kappa shape index (κ2) is 5.12. The Morgan fingerprint density at radius 3 is 3.25 bits per heavy atom. The van der Waals surface area contributed by atoms with Crippen molar-refractivity contribution in [2.45, 2.75) is 26.2 Å². The number of nitrogens with one attached hydrogen (secondary N) is 2. The van der Waals surface area contributed by atoms with Gasteiger partial charge in [0, 0.05) is 12.5 Å². The highest BCUT2D eigenvalue weighted by Crippen LogP contribution is 2.15. The molecule has 1 amide bonds. The second-order valence-electron chi connectivity index (χ2n) is 4.28. The van der Waals surface area contributed by atoms with E-state index in [4.69, 9.17) is 4.52 Å². The van der Waals surface area contributed by atoms with Crippen molar-refractivity contribution in [1.82, 2.24) is 10.5 Å². The number of amides is 1. The third-order valence-corrected chi connectivity index (χ3v) is 2.83. The smallest absolute Gasteiger partial charge is 0.231 e. The Hall–Kier alpha value is -1.36. The molecule has 88 valence electrons. The van der Waals surface area contributed by atoms with Gasteiger partial charge in [-0.25, -0.2) is 0 Å². The van der Waals surface area contributed by atoms with E-state index >= 15 is 0 Å². The van der Waals surface area contributed by atoms with Gasteiger partial charge in [-0.1, -0.05) is 5.16 Å². The lowest BCUT2D eigenvalue weighted by atomic mass is 10.0. The molecule has 2 N–H and O–H groups in total. The molecule has 1 saturated heterocycles. The zero-order valence-corrected chi connectivity index (χ0v) is 9.45. The molecular weight excluding hydrogens is 206 g/mol. The molecule has 0 saturated carbocycles. The van der Waals surface area contributed by atoms with Crippen molar-refractivity contribution >= 4 is 11.8 Å². The first kappa shape index (κ1) is 11.1. The molecule has 0 radical (unpaired) electrons. The average molecular weight is 223 g/mol. The van der Waals surface area contributed by atoms with Crippen LogP contribution in [0, 0.1) is 12.8 Å². The Kier molecular flexibility index (Phi) is 3.56. The zero-order chi connectivity index (χ0) is 11.4. The summed E-state index contributed by atoms with van der Waals surface area (Å²) >= 11 is 0. The van der Waals surface area contributed by atoms with E-state index in [9.17, 15) is 4.79 Å². The van der Waals surface area contributed by atoms with Crippen molar-refractivity contribution in [3.8, 4) is 0 Å². The molecule has 1 fully saturated rings. The SMILES string of the molecule is Cc1cc(NC(=O)CCC2CCNC2)on1. The quantitative estimate of drug-likeness (QED) is 0.807. The number of hydrogen-bond acceptors (Lipinski definition) is 4. The molecule has 1 aliphatic rings. The molecule has 1 aromatic rings. The predicted molar refractivity (Wildman–Crippen MR) is 60.1 cm³/mol. The van der Waals surface area contributed by atoms with Crippen LogP contribution in [0.1, 0.15) is 25.0 Å². The van der Waals surface area contributed by atoms with Crippen LogP contribution >= 0.6 is 0 Å². The Labute approximate surface area is 94.6 Å². The van der Waals surface area contributed by atoms with Crippen molar-refractivity contribution in [3.63, 3.8) is 0 Å². The summed E-state index contributed by atoms with van der Waals surface area (Å²) in [6, 6.07) is 1.72. The summed E-state index contributed by atoms with van der Waals surface area (Å²) in [6.45, 7) is 3.94. The van der Waals surface area contributed by atoms with Crippen molar-refractivity contribution in [1.29, 1.82) is 0 Å². The lowest BCUT2D eigenvalue weighted by Gasteiger charge is -2.06. The average Bonchev–Trinajstić information content (AvgIpc) is 2.87. The number of anilines is 1. The third-order valence-electron chi connectivity index (χ3n) is 2.83. The zero-order valence-electron chi connectivity index (χ0n) is 9.45. The fourth-order valence-electron chi connectivity index (χ4n) is 1.92. The fraction of sp³-hybridized carbons (Fsp3) is 0.636. The van der Waals surface area contributed by atoms with Crippen molar-refractivity contribution < 1.29 is 9.32 Å². The van der Waals surface area contributed by atoms with Crippen molar-refractivity contribution in [2.24, 2.45) is 5.92 Å². The largest absolute Gasteiger partial charge is 0.338 e. The minimum atomic E-state index is 0.00282. The van der Waals surface area contributed by atoms with Gasteiger partial charge < -0.3 is 9.84 Å². The number of aryl methyl sites for hydroxylation is 1. The minimum absolute atomic E-state index is 0.00282. The summed E-state index contributed by atoms with van der Waals surface area (Å²) in [6.07, 6.45) is 2.66. The van der Waals surface area contributed by atoms with E-state index in [0.29, 0.717) is 18.2 Å². The summed E-state index contributed by atoms with van der Waals surface area (Å²) in [5.41, 5.74) is 0.773. The van der Waals surface area contributed by atoms with Gasteiger partial charge >= 0.3 is 0 Å². The number of nitrogens with zero attached hydrogens (tertiary/aromatic N) is 1. The van der Waals surface area contributed by atoms with Crippen LogP contribution in [-0.2, 0) is 4.79 Å². The van der Waals surface area contributed by atoms with Crippen LogP contribution in [0.15, 0.2) is 10.6 Å². The number of carbonyl (C=O) groups is 1. The molecule has 1 unspecified atom stereocenters. The summed E-state index contributed by atoms with van der Waals surface area (Å²) < 4.78 is 4.91. The van der Waals surface area contributed by atoms with Crippen LogP contribution in [-0.4, -0.2) is 24.2 Å². The van der Waals surface area contributed by atoms with Crippen LogP contribution < -0.4 is 10.6 Å². The topological polar surface area (TPSA) is 67.2 Å². The number of aromatic nitrogens is 1. The lowest BCUT2D eigenvalue weighted by Crippen LogP contribution is -2.14. The van der Waals surface area contributed by atoms with Crippen molar-refractivity contribution in [3.05, 3.63) is 11.8 Å². The van der Waals surface area contributed by atoms with Gasteiger partial charge in [0.25, 0.3) is 0 Å². The maximum atomic E-state index is 11.6. The molecular formula is C11H17N3O2. The summed E-state index contributed by atoms with van der Waals surface area (Å²) in [7, 11) is 0. The van der Waals surface area contributed by atoms with Gasteiger partial charge in [0.15, 0.2) is 0 Å². The summed E-state index contributed by atoms with van der Waals surface area (Å²) in [5, 5.41) is 9.69. The lowest BCUT2D eigenvalue weighted by molar-refractivity contribution is -0.116. The van der Waals surface area contributed by atoms with Gasteiger partial charge in [-0.3, -0.25) is 10.1 Å². The predicted octanol–water partition coefficient (Wildman–Crippen LogP) is 1.31. The first-order chi connectivity index (χ1) is 7.74. The van der Waals surface area contributed by atoms with E-state index in [1.165, 1.54) is 6.42 Å². The van der Waals surface area contributed by atoms with Gasteiger partial charge in [-0.05, 0) is 38.8 Å². The summed E-state index contributed by atoms with van der Waals surface area (Å²) in [5.74, 6) is 1.08. The highest BCUT2D eigenvalue weighted by Gasteiger charge is 2.16. The molecule has 1 atom stereocenters. The van der Waals surface area contributed by atoms with Crippen molar-refractivity contribution in [2.75, 3.05) is 18.4 Å². The molecule has 1 aliphatic heterocycles. The van der Waals surface area contributed by atoms with Crippen LogP contribution in [0.4, 0.5) is 5.88 Å². The molecule has 16 heavy (non-hydrogen) atoms. The Balaban J connectivity index is 1.71. The molecule has 2 rings (SSSR count). The Bertz CT molecular complexity index is 356. The molecule has 5 heteroatoms. The van der Waals surface area contributed by atoms with E-state index in [0.717, 1.165) is 25.2 Å². The molecule has 0 aromatic carbocycles. The maximum Gasteiger partial charge on any atom is 0.231 e. The number of rotatable bonds is 4. The third kappa shape index (κ3) is 3.06. The standard InChI is InChI=1S/C11H17N3O2/c1-8-6-11(16-14-8)13-10(15)3-2-9-4-5-12-7-9/h6,9,12H,2-5,7H2,1H3,(H,13,15). The first-order valence-corrected chi connectivity index (χ1v) is 5.68. The molecule has 1 aromatic heterocycles. The normalized spacial score (nSPS) is 19.9. The van der Waals surface area contributed by atoms with E-state index in [2.05, 4.69) is 15.8 Å². The fourth-order valence-corrected chi connectivity index (χ4v) is 1.92. The molecule has 0 aliphatic carbocycles. The van der Waals surface area contributed by atoms with E-state index in [-0.39, 0.29) is 5.91 Å². The second-order valence-corrected chi connectivity index (χ2v) is 4.28. The molecule has 0 spiro atoms. The van der Waals surface area contributed by atoms with Gasteiger partial charge in [0.2, 0.25) is 11.8 Å². The van der Waals surface area contributed by atoms with Gasteiger partial charge in [-0.2, -0.15) is 0 Å². The molecule has 0 bridgehead atoms. The maximum absolute atomic E-state index is 11.6. The van der Waals surface area contributed by atoms with E-state index < -0.39 is 0 Å². The Morgan fingerprint density at radius 1 is 1.75 bits per heavy atom. The minimum Gasteiger partial charge on any atom is -0.338 e. The Morgan fingerprint density at radius 2 is 2.62 bits per heavy atom. The van der Waals surface area contributed by atoms with Crippen LogP contribution in [0.3, 0.4) is 0 Å². The van der Waals surface area contributed by atoms with Crippen LogP contribution in [0.25, 0.3) is 0 Å².